The van der Waals surface area contributed by atoms with E-state index in [1.165, 1.54) is 0 Å². The van der Waals surface area contributed by atoms with Crippen molar-refractivity contribution in [2.24, 2.45) is 0 Å². The predicted molar refractivity (Wildman–Crippen MR) is 64.9 cm³/mol. The second-order valence-corrected chi connectivity index (χ2v) is 6.79. The minimum Gasteiger partial charge on any atom is -0.389 e. The lowest BCUT2D eigenvalue weighted by molar-refractivity contribution is 0.0572. The van der Waals surface area contributed by atoms with Crippen LogP contribution in [0.3, 0.4) is 0 Å². The number of aliphatic hydroxyl groups is 2. The minimum atomic E-state index is -3.85. The second-order valence-electron chi connectivity index (χ2n) is 4.03. The third-order valence-corrected chi connectivity index (χ3v) is 5.55. The van der Waals surface area contributed by atoms with Crippen LogP contribution in [0, 0.1) is 5.82 Å². The van der Waals surface area contributed by atoms with Crippen LogP contribution in [-0.4, -0.2) is 48.2 Å². The highest BCUT2D eigenvalue weighted by Crippen LogP contribution is 2.28. The van der Waals surface area contributed by atoms with Gasteiger partial charge in [0, 0.05) is 17.6 Å². The molecule has 0 spiro atoms. The quantitative estimate of drug-likeness (QED) is 0.813. The van der Waals surface area contributed by atoms with Gasteiger partial charge in [-0.3, -0.25) is 0 Å². The summed E-state index contributed by atoms with van der Waals surface area (Å²) in [5, 5.41) is 18.7. The molecule has 1 heterocycles. The van der Waals surface area contributed by atoms with Crippen molar-refractivity contribution in [2.45, 2.75) is 17.1 Å². The van der Waals surface area contributed by atoms with Crippen molar-refractivity contribution < 1.29 is 23.0 Å². The third-order valence-electron chi connectivity index (χ3n) is 2.74. The van der Waals surface area contributed by atoms with E-state index in [0.29, 0.717) is 0 Å². The van der Waals surface area contributed by atoms with Gasteiger partial charge in [0.25, 0.3) is 0 Å². The standard InChI is InChI=1S/C10H11BrFNO4S/c11-7-3-6(12)1-2-10(7)18(16,17)13-4-8(14)9(15)5-13/h1-3,8-9,14-15H,4-5H2. The number of sulfonamides is 1. The number of halogens is 2. The van der Waals surface area contributed by atoms with Crippen LogP contribution >= 0.6 is 15.9 Å². The Morgan fingerprint density at radius 2 is 1.83 bits per heavy atom. The fourth-order valence-corrected chi connectivity index (χ4v) is 4.24. The molecule has 0 radical (unpaired) electrons. The van der Waals surface area contributed by atoms with E-state index in [0.717, 1.165) is 22.5 Å². The van der Waals surface area contributed by atoms with Crippen LogP contribution in [-0.2, 0) is 10.0 Å². The molecule has 1 aromatic rings. The lowest BCUT2D eigenvalue weighted by Crippen LogP contribution is -2.30. The van der Waals surface area contributed by atoms with Gasteiger partial charge in [-0.05, 0) is 34.1 Å². The molecule has 18 heavy (non-hydrogen) atoms. The molecule has 0 saturated carbocycles. The molecule has 2 atom stereocenters. The average Bonchev–Trinajstić information content (AvgIpc) is 2.59. The Hall–Kier alpha value is -0.540. The molecule has 2 N–H and O–H groups in total. The third kappa shape index (κ3) is 2.43. The zero-order valence-corrected chi connectivity index (χ0v) is 11.5. The molecule has 1 aliphatic heterocycles. The van der Waals surface area contributed by atoms with E-state index < -0.39 is 28.0 Å². The van der Waals surface area contributed by atoms with Crippen LogP contribution < -0.4 is 0 Å². The molecule has 100 valence electrons. The monoisotopic (exact) mass is 339 g/mol. The molecular formula is C10H11BrFNO4S. The molecule has 8 heteroatoms. The highest BCUT2D eigenvalue weighted by atomic mass is 79.9. The van der Waals surface area contributed by atoms with Crippen molar-refractivity contribution in [1.29, 1.82) is 0 Å². The normalized spacial score (nSPS) is 25.6. The Balaban J connectivity index is 2.37. The van der Waals surface area contributed by atoms with E-state index >= 15 is 0 Å². The fraction of sp³-hybridized carbons (Fsp3) is 0.400. The molecule has 0 aromatic heterocycles. The number of benzene rings is 1. The van der Waals surface area contributed by atoms with Gasteiger partial charge in [-0.2, -0.15) is 4.31 Å². The summed E-state index contributed by atoms with van der Waals surface area (Å²) in [6.45, 7) is -0.347. The molecule has 1 aliphatic rings. The summed E-state index contributed by atoms with van der Waals surface area (Å²) in [7, 11) is -3.85. The molecule has 0 aliphatic carbocycles. The van der Waals surface area contributed by atoms with Crippen LogP contribution in [0.2, 0.25) is 0 Å². The molecule has 5 nitrogen and oxygen atoms in total. The Morgan fingerprint density at radius 1 is 1.28 bits per heavy atom. The van der Waals surface area contributed by atoms with E-state index in [9.17, 15) is 23.0 Å². The largest absolute Gasteiger partial charge is 0.389 e. The maximum atomic E-state index is 12.9. The first kappa shape index (κ1) is 13.9. The first-order chi connectivity index (χ1) is 8.32. The zero-order valence-electron chi connectivity index (χ0n) is 9.12. The molecule has 0 bridgehead atoms. The minimum absolute atomic E-state index is 0.0924. The number of hydrogen-bond acceptors (Lipinski definition) is 4. The van der Waals surface area contributed by atoms with Gasteiger partial charge in [0.1, 0.15) is 5.82 Å². The van der Waals surface area contributed by atoms with Crippen LogP contribution in [0.1, 0.15) is 0 Å². The summed E-state index contributed by atoms with van der Waals surface area (Å²) >= 11 is 2.99. The summed E-state index contributed by atoms with van der Waals surface area (Å²) in [5.41, 5.74) is 0. The molecule has 2 rings (SSSR count). The molecular weight excluding hydrogens is 329 g/mol. The Kier molecular flexibility index (Phi) is 3.75. The zero-order chi connectivity index (χ0) is 13.5. The van der Waals surface area contributed by atoms with Gasteiger partial charge in [-0.1, -0.05) is 0 Å². The summed E-state index contributed by atoms with van der Waals surface area (Å²) in [6, 6.07) is 3.24. The highest BCUT2D eigenvalue weighted by molar-refractivity contribution is 9.10. The Morgan fingerprint density at radius 3 is 2.33 bits per heavy atom. The lowest BCUT2D eigenvalue weighted by Gasteiger charge is -2.16. The first-order valence-corrected chi connectivity index (χ1v) is 7.37. The van der Waals surface area contributed by atoms with Crippen LogP contribution in [0.4, 0.5) is 4.39 Å². The van der Waals surface area contributed by atoms with Crippen LogP contribution in [0.5, 0.6) is 0 Å². The van der Waals surface area contributed by atoms with Gasteiger partial charge < -0.3 is 10.2 Å². The van der Waals surface area contributed by atoms with Gasteiger partial charge in [-0.15, -0.1) is 0 Å². The van der Waals surface area contributed by atoms with Crippen molar-refractivity contribution in [3.63, 3.8) is 0 Å². The van der Waals surface area contributed by atoms with Crippen LogP contribution in [0.25, 0.3) is 0 Å². The summed E-state index contributed by atoms with van der Waals surface area (Å²) in [6.07, 6.45) is -2.20. The number of nitrogens with zero attached hydrogens (tertiary/aromatic N) is 1. The first-order valence-electron chi connectivity index (χ1n) is 5.13. The van der Waals surface area contributed by atoms with Crippen molar-refractivity contribution in [3.05, 3.63) is 28.5 Å². The molecule has 0 amide bonds. The van der Waals surface area contributed by atoms with Crippen LogP contribution in [0.15, 0.2) is 27.6 Å². The number of rotatable bonds is 2. The maximum Gasteiger partial charge on any atom is 0.244 e. The second kappa shape index (κ2) is 4.86. The topological polar surface area (TPSA) is 77.8 Å². The highest BCUT2D eigenvalue weighted by Gasteiger charge is 2.38. The van der Waals surface area contributed by atoms with Crippen molar-refractivity contribution in [3.8, 4) is 0 Å². The van der Waals surface area contributed by atoms with Crippen molar-refractivity contribution in [1.82, 2.24) is 4.31 Å². The van der Waals surface area contributed by atoms with Gasteiger partial charge in [-0.25, -0.2) is 12.8 Å². The van der Waals surface area contributed by atoms with Crippen molar-refractivity contribution >= 4 is 26.0 Å². The van der Waals surface area contributed by atoms with Gasteiger partial charge >= 0.3 is 0 Å². The SMILES string of the molecule is O=S(=O)(c1ccc(F)cc1Br)N1CC(O)C(O)C1. The number of aliphatic hydroxyl groups excluding tert-OH is 2. The summed E-state index contributed by atoms with van der Waals surface area (Å²) in [5.74, 6) is -0.553. The molecule has 1 aromatic carbocycles. The maximum absolute atomic E-state index is 12.9. The Labute approximate surface area is 112 Å². The number of hydrogen-bond donors (Lipinski definition) is 2. The Bertz CT molecular complexity index is 555. The van der Waals surface area contributed by atoms with E-state index in [-0.39, 0.29) is 22.5 Å². The van der Waals surface area contributed by atoms with Crippen molar-refractivity contribution in [2.75, 3.05) is 13.1 Å². The van der Waals surface area contributed by atoms with E-state index in [1.807, 2.05) is 0 Å². The predicted octanol–water partition coefficient (Wildman–Crippen LogP) is 0.314. The molecule has 2 unspecified atom stereocenters. The van der Waals surface area contributed by atoms with E-state index in [4.69, 9.17) is 0 Å². The fourth-order valence-electron chi connectivity index (χ4n) is 1.75. The summed E-state index contributed by atoms with van der Waals surface area (Å²) < 4.78 is 38.4. The lowest BCUT2D eigenvalue weighted by atomic mass is 10.3. The van der Waals surface area contributed by atoms with Gasteiger partial charge in [0.2, 0.25) is 10.0 Å². The average molecular weight is 340 g/mol. The van der Waals surface area contributed by atoms with E-state index in [1.54, 1.807) is 0 Å². The molecule has 1 fully saturated rings. The summed E-state index contributed by atoms with van der Waals surface area (Å²) in [4.78, 5) is -0.0924. The van der Waals surface area contributed by atoms with E-state index in [2.05, 4.69) is 15.9 Å². The molecule has 1 saturated heterocycles. The number of β-amino-alcohol motifs (C(OH)–C–C–N with tert-alkyl or cyclic N) is 2. The van der Waals surface area contributed by atoms with Gasteiger partial charge in [0.15, 0.2) is 0 Å². The smallest absolute Gasteiger partial charge is 0.244 e. The van der Waals surface area contributed by atoms with Gasteiger partial charge in [0.05, 0.1) is 17.1 Å².